The normalized spacial score (nSPS) is 15.5. The molecule has 0 unspecified atom stereocenters. The van der Waals surface area contributed by atoms with Crippen LogP contribution in [0.2, 0.25) is 0 Å². The van der Waals surface area contributed by atoms with Crippen molar-refractivity contribution in [2.75, 3.05) is 4.90 Å². The Kier molecular flexibility index (Phi) is 6.08. The number of carbonyl (C=O) groups is 2. The first-order chi connectivity index (χ1) is 15.7. The zero-order valence-corrected chi connectivity index (χ0v) is 19.0. The molecule has 0 radical (unpaired) electrons. The van der Waals surface area contributed by atoms with Crippen molar-refractivity contribution in [2.24, 2.45) is 0 Å². The molecule has 33 heavy (non-hydrogen) atoms. The van der Waals surface area contributed by atoms with Gasteiger partial charge < -0.3 is 4.18 Å². The van der Waals surface area contributed by atoms with Crippen LogP contribution < -0.4 is 14.4 Å². The molecule has 3 aromatic rings. The molecule has 9 heteroatoms. The number of hydrogen-bond acceptors (Lipinski definition) is 6. The number of anilines is 1. The lowest BCUT2D eigenvalue weighted by molar-refractivity contribution is -0.122. The minimum Gasteiger partial charge on any atom is -0.379 e. The second-order valence-corrected chi connectivity index (χ2v) is 9.15. The van der Waals surface area contributed by atoms with Gasteiger partial charge in [-0.25, -0.2) is 0 Å². The molecule has 0 saturated carbocycles. The average molecular weight is 479 g/mol. The molecule has 0 bridgehead atoms. The first-order valence-electron chi connectivity index (χ1n) is 9.82. The topological polar surface area (TPSA) is 92.8 Å². The maximum atomic E-state index is 13.0. The number of nitrogens with zero attached hydrogens (tertiary/aromatic N) is 1. The summed E-state index contributed by atoms with van der Waals surface area (Å²) in [5.74, 6) is -1.07. The number of nitrogens with one attached hydrogen (secondary N) is 1. The minimum atomic E-state index is -3.99. The smallest absolute Gasteiger partial charge is 0.339 e. The van der Waals surface area contributed by atoms with E-state index >= 15 is 0 Å². The van der Waals surface area contributed by atoms with Crippen molar-refractivity contribution in [3.8, 4) is 5.75 Å². The van der Waals surface area contributed by atoms with Crippen LogP contribution >= 0.6 is 12.2 Å². The number of rotatable bonds is 5. The SMILES string of the molecule is Cc1ccc(S(=O)(=O)Oc2ccc(/C=C3/C(=O)NC(=S)N(c4ccccc4)C3=O)cc2)cc1. The van der Waals surface area contributed by atoms with E-state index in [1.54, 1.807) is 54.6 Å². The minimum absolute atomic E-state index is 0.00147. The summed E-state index contributed by atoms with van der Waals surface area (Å²) in [6, 6.07) is 21.0. The highest BCUT2D eigenvalue weighted by molar-refractivity contribution is 7.87. The van der Waals surface area contributed by atoms with Crippen LogP contribution in [0.5, 0.6) is 5.75 Å². The zero-order chi connectivity index (χ0) is 23.6. The van der Waals surface area contributed by atoms with Crippen molar-refractivity contribution in [3.05, 3.63) is 95.6 Å². The summed E-state index contributed by atoms with van der Waals surface area (Å²) >= 11 is 5.17. The number of benzene rings is 3. The molecular weight excluding hydrogens is 460 g/mol. The van der Waals surface area contributed by atoms with Crippen LogP contribution in [0.1, 0.15) is 11.1 Å². The lowest BCUT2D eigenvalue weighted by Crippen LogP contribution is -2.54. The third-order valence-electron chi connectivity index (χ3n) is 4.82. The third-order valence-corrected chi connectivity index (χ3v) is 6.37. The zero-order valence-electron chi connectivity index (χ0n) is 17.4. The summed E-state index contributed by atoms with van der Waals surface area (Å²) in [6.45, 7) is 1.86. The van der Waals surface area contributed by atoms with Gasteiger partial charge in [0, 0.05) is 0 Å². The third kappa shape index (κ3) is 4.84. The number of para-hydroxylation sites is 1. The molecule has 166 valence electrons. The van der Waals surface area contributed by atoms with Gasteiger partial charge in [-0.15, -0.1) is 0 Å². The predicted molar refractivity (Wildman–Crippen MR) is 128 cm³/mol. The van der Waals surface area contributed by atoms with Crippen molar-refractivity contribution in [1.82, 2.24) is 5.32 Å². The Morgan fingerprint density at radius 3 is 2.18 bits per heavy atom. The van der Waals surface area contributed by atoms with Crippen molar-refractivity contribution in [1.29, 1.82) is 0 Å². The first-order valence-corrected chi connectivity index (χ1v) is 11.6. The maximum Gasteiger partial charge on any atom is 0.339 e. The summed E-state index contributed by atoms with van der Waals surface area (Å²) in [5, 5.41) is 2.52. The van der Waals surface area contributed by atoms with E-state index in [9.17, 15) is 18.0 Å². The molecule has 1 fully saturated rings. The average Bonchev–Trinajstić information content (AvgIpc) is 2.78. The van der Waals surface area contributed by atoms with Crippen molar-refractivity contribution < 1.29 is 22.2 Å². The van der Waals surface area contributed by atoms with Gasteiger partial charge in [0.25, 0.3) is 11.8 Å². The summed E-state index contributed by atoms with van der Waals surface area (Å²) in [7, 11) is -3.99. The molecule has 1 heterocycles. The summed E-state index contributed by atoms with van der Waals surface area (Å²) < 4.78 is 30.1. The second kappa shape index (κ2) is 8.97. The Balaban J connectivity index is 1.56. The van der Waals surface area contributed by atoms with E-state index in [2.05, 4.69) is 5.32 Å². The van der Waals surface area contributed by atoms with Crippen molar-refractivity contribution in [2.45, 2.75) is 11.8 Å². The second-order valence-electron chi connectivity index (χ2n) is 7.21. The van der Waals surface area contributed by atoms with E-state index < -0.39 is 21.9 Å². The van der Waals surface area contributed by atoms with E-state index in [0.29, 0.717) is 11.3 Å². The highest BCUT2D eigenvalue weighted by Crippen LogP contribution is 2.24. The fourth-order valence-corrected chi connectivity index (χ4v) is 4.35. The molecule has 0 atom stereocenters. The van der Waals surface area contributed by atoms with E-state index in [0.717, 1.165) is 5.56 Å². The Labute approximate surface area is 196 Å². The predicted octanol–water partition coefficient (Wildman–Crippen LogP) is 3.59. The van der Waals surface area contributed by atoms with Crippen LogP contribution in [0.25, 0.3) is 6.08 Å². The number of thiocarbonyl (C=S) groups is 1. The van der Waals surface area contributed by atoms with Crippen LogP contribution in [0.3, 0.4) is 0 Å². The fourth-order valence-electron chi connectivity index (χ4n) is 3.14. The molecule has 1 saturated heterocycles. The standard InChI is InChI=1S/C24H18N2O5S2/c1-16-7-13-20(14-8-16)33(29,30)31-19-11-9-17(10-12-19)15-21-22(27)25-24(32)26(23(21)28)18-5-3-2-4-6-18/h2-15H,1H3,(H,25,27,32)/b21-15-. The number of carbonyl (C=O) groups excluding carboxylic acids is 2. The number of hydrogen-bond donors (Lipinski definition) is 1. The van der Waals surface area contributed by atoms with E-state index in [1.807, 2.05) is 6.92 Å². The molecule has 0 aromatic heterocycles. The van der Waals surface area contributed by atoms with Gasteiger partial charge in [0.15, 0.2) is 5.11 Å². The lowest BCUT2D eigenvalue weighted by Gasteiger charge is -2.28. The quantitative estimate of drug-likeness (QED) is 0.261. The summed E-state index contributed by atoms with van der Waals surface area (Å²) in [5.41, 5.74) is 1.87. The molecule has 4 rings (SSSR count). The van der Waals surface area contributed by atoms with Gasteiger partial charge in [0.1, 0.15) is 16.2 Å². The van der Waals surface area contributed by atoms with Gasteiger partial charge in [0.2, 0.25) is 0 Å². The molecule has 2 amide bonds. The van der Waals surface area contributed by atoms with Gasteiger partial charge in [-0.2, -0.15) is 8.42 Å². The Bertz CT molecular complexity index is 1360. The lowest BCUT2D eigenvalue weighted by atomic mass is 10.1. The Morgan fingerprint density at radius 1 is 0.909 bits per heavy atom. The molecule has 1 aliphatic heterocycles. The number of aryl methyl sites for hydroxylation is 1. The van der Waals surface area contributed by atoms with Crippen LogP contribution in [0.15, 0.2) is 89.3 Å². The molecule has 7 nitrogen and oxygen atoms in total. The maximum absolute atomic E-state index is 13.0. The van der Waals surface area contributed by atoms with Gasteiger partial charge in [-0.05, 0) is 67.2 Å². The molecule has 1 N–H and O–H groups in total. The molecule has 1 aliphatic rings. The van der Waals surface area contributed by atoms with Gasteiger partial charge >= 0.3 is 10.1 Å². The van der Waals surface area contributed by atoms with Crippen molar-refractivity contribution in [3.63, 3.8) is 0 Å². The Morgan fingerprint density at radius 2 is 1.55 bits per heavy atom. The fraction of sp³-hybridized carbons (Fsp3) is 0.0417. The van der Waals surface area contributed by atoms with E-state index in [-0.39, 0.29) is 21.3 Å². The van der Waals surface area contributed by atoms with Crippen LogP contribution in [-0.4, -0.2) is 25.3 Å². The van der Waals surface area contributed by atoms with E-state index in [1.165, 1.54) is 35.2 Å². The van der Waals surface area contributed by atoms with Crippen LogP contribution in [-0.2, 0) is 19.7 Å². The number of amides is 2. The van der Waals surface area contributed by atoms with Gasteiger partial charge in [-0.1, -0.05) is 48.0 Å². The summed E-state index contributed by atoms with van der Waals surface area (Å²) in [4.78, 5) is 26.7. The highest BCUT2D eigenvalue weighted by Gasteiger charge is 2.34. The van der Waals surface area contributed by atoms with Gasteiger partial charge in [0.05, 0.1) is 5.69 Å². The monoisotopic (exact) mass is 478 g/mol. The van der Waals surface area contributed by atoms with Crippen LogP contribution in [0.4, 0.5) is 5.69 Å². The van der Waals surface area contributed by atoms with Crippen LogP contribution in [0, 0.1) is 6.92 Å². The molecule has 0 spiro atoms. The van der Waals surface area contributed by atoms with E-state index in [4.69, 9.17) is 16.4 Å². The molecule has 3 aromatic carbocycles. The van der Waals surface area contributed by atoms with Crippen molar-refractivity contribution >= 4 is 51.0 Å². The molecule has 0 aliphatic carbocycles. The first kappa shape index (κ1) is 22.4. The van der Waals surface area contributed by atoms with Gasteiger partial charge in [-0.3, -0.25) is 19.8 Å². The summed E-state index contributed by atoms with van der Waals surface area (Å²) in [6.07, 6.45) is 1.41. The highest BCUT2D eigenvalue weighted by atomic mass is 32.2. The Hall–Kier alpha value is -3.82. The molecular formula is C24H18N2O5S2. The largest absolute Gasteiger partial charge is 0.379 e.